The number of alkyl halides is 1. The maximum Gasteiger partial charge on any atom is 0.0523 e. The number of hydrogen-bond acceptors (Lipinski definition) is 1. The molecule has 1 aromatic heterocycles. The molecule has 0 aliphatic heterocycles. The van der Waals surface area contributed by atoms with Crippen molar-refractivity contribution in [2.75, 3.05) is 0 Å². The number of hydrogen-bond donors (Lipinski definition) is 0. The predicted octanol–water partition coefficient (Wildman–Crippen LogP) is 5.03. The van der Waals surface area contributed by atoms with Crippen LogP contribution in [0.1, 0.15) is 38.7 Å². The van der Waals surface area contributed by atoms with Crippen molar-refractivity contribution in [2.45, 2.75) is 44.9 Å². The molecular weight excluding hydrogens is 236 g/mol. The Morgan fingerprint density at radius 3 is 2.88 bits per heavy atom. The van der Waals surface area contributed by atoms with E-state index in [1.54, 1.807) is 16.9 Å². The fourth-order valence-corrected chi connectivity index (χ4v) is 3.80. The van der Waals surface area contributed by atoms with E-state index in [-0.39, 0.29) is 5.38 Å². The highest BCUT2D eigenvalue weighted by Crippen LogP contribution is 2.38. The lowest BCUT2D eigenvalue weighted by molar-refractivity contribution is 0.318. The van der Waals surface area contributed by atoms with Crippen molar-refractivity contribution in [3.05, 3.63) is 34.0 Å². The van der Waals surface area contributed by atoms with Gasteiger partial charge in [-0.3, -0.25) is 0 Å². The first-order valence-electron chi connectivity index (χ1n) is 5.90. The van der Waals surface area contributed by atoms with Crippen LogP contribution < -0.4 is 0 Å². The summed E-state index contributed by atoms with van der Waals surface area (Å²) in [5.74, 6) is 0. The molecule has 16 heavy (non-hydrogen) atoms. The predicted molar refractivity (Wildman–Crippen MR) is 73.4 cm³/mol. The largest absolute Gasteiger partial charge is 0.152 e. The van der Waals surface area contributed by atoms with Crippen LogP contribution in [-0.2, 0) is 6.42 Å². The van der Waals surface area contributed by atoms with Gasteiger partial charge in [-0.2, -0.15) is 11.3 Å². The second-order valence-corrected chi connectivity index (χ2v) is 6.86. The monoisotopic (exact) mass is 254 g/mol. The lowest BCUT2D eigenvalue weighted by Gasteiger charge is -2.32. The third kappa shape index (κ3) is 3.36. The van der Waals surface area contributed by atoms with Crippen LogP contribution in [0.5, 0.6) is 0 Å². The molecule has 0 amide bonds. The van der Waals surface area contributed by atoms with Crippen LogP contribution in [0.4, 0.5) is 0 Å². The molecule has 0 fully saturated rings. The van der Waals surface area contributed by atoms with Gasteiger partial charge < -0.3 is 0 Å². The summed E-state index contributed by atoms with van der Waals surface area (Å²) in [4.78, 5) is 0. The Labute approximate surface area is 107 Å². The van der Waals surface area contributed by atoms with Crippen LogP contribution >= 0.6 is 22.9 Å². The third-order valence-corrected chi connectivity index (χ3v) is 4.20. The van der Waals surface area contributed by atoms with E-state index in [0.717, 1.165) is 12.8 Å². The van der Waals surface area contributed by atoms with Gasteiger partial charge in [-0.05, 0) is 53.5 Å². The molecule has 0 aromatic carbocycles. The molecule has 1 unspecified atom stereocenters. The van der Waals surface area contributed by atoms with E-state index >= 15 is 0 Å². The average Bonchev–Trinajstić information content (AvgIpc) is 2.63. The summed E-state index contributed by atoms with van der Waals surface area (Å²) in [6.45, 7) is 4.64. The SMILES string of the molecule is CC1(C)CC(CCc2ccsc2)=CC(Cl)C1. The fraction of sp³-hybridized carbons (Fsp3) is 0.571. The van der Waals surface area contributed by atoms with Crippen molar-refractivity contribution in [3.8, 4) is 0 Å². The van der Waals surface area contributed by atoms with E-state index in [1.807, 2.05) is 0 Å². The normalized spacial score (nSPS) is 24.2. The fourth-order valence-electron chi connectivity index (χ4n) is 2.50. The topological polar surface area (TPSA) is 0 Å². The number of halogens is 1. The van der Waals surface area contributed by atoms with Crippen molar-refractivity contribution < 1.29 is 0 Å². The molecule has 0 saturated heterocycles. The Kier molecular flexibility index (Phi) is 3.76. The summed E-state index contributed by atoms with van der Waals surface area (Å²) in [6.07, 6.45) is 6.93. The number of rotatable bonds is 3. The highest BCUT2D eigenvalue weighted by molar-refractivity contribution is 7.07. The standard InChI is InChI=1S/C14H19ClS/c1-14(2)8-12(7-13(15)9-14)4-3-11-5-6-16-10-11/h5-7,10,13H,3-4,8-9H2,1-2H3. The molecule has 1 aliphatic carbocycles. The van der Waals surface area contributed by atoms with E-state index in [9.17, 15) is 0 Å². The van der Waals surface area contributed by atoms with E-state index in [0.29, 0.717) is 5.41 Å². The highest BCUT2D eigenvalue weighted by Gasteiger charge is 2.27. The smallest absolute Gasteiger partial charge is 0.0523 e. The molecule has 0 bridgehead atoms. The summed E-state index contributed by atoms with van der Waals surface area (Å²) in [7, 11) is 0. The Hall–Kier alpha value is -0.270. The van der Waals surface area contributed by atoms with Crippen LogP contribution in [0.3, 0.4) is 0 Å². The molecule has 0 saturated carbocycles. The third-order valence-electron chi connectivity index (χ3n) is 3.18. The van der Waals surface area contributed by atoms with Crippen LogP contribution in [0.2, 0.25) is 0 Å². The van der Waals surface area contributed by atoms with Gasteiger partial charge >= 0.3 is 0 Å². The molecule has 0 radical (unpaired) electrons. The van der Waals surface area contributed by atoms with E-state index < -0.39 is 0 Å². The summed E-state index contributed by atoms with van der Waals surface area (Å²) >= 11 is 8.06. The lowest BCUT2D eigenvalue weighted by Crippen LogP contribution is -2.22. The Morgan fingerprint density at radius 2 is 2.25 bits per heavy atom. The van der Waals surface area contributed by atoms with E-state index in [1.165, 1.54) is 18.4 Å². The van der Waals surface area contributed by atoms with Crippen molar-refractivity contribution in [3.63, 3.8) is 0 Å². The van der Waals surface area contributed by atoms with Gasteiger partial charge in [-0.15, -0.1) is 11.6 Å². The zero-order valence-corrected chi connectivity index (χ0v) is 11.6. The molecule has 88 valence electrons. The molecule has 0 N–H and O–H groups in total. The zero-order chi connectivity index (χ0) is 11.6. The molecule has 1 aliphatic rings. The summed E-state index contributed by atoms with van der Waals surface area (Å²) in [5.41, 5.74) is 3.38. The van der Waals surface area contributed by atoms with E-state index in [4.69, 9.17) is 11.6 Å². The van der Waals surface area contributed by atoms with Crippen LogP contribution in [0.15, 0.2) is 28.5 Å². The number of allylic oxidation sites excluding steroid dienone is 2. The van der Waals surface area contributed by atoms with Gasteiger partial charge in [-0.1, -0.05) is 25.5 Å². The molecule has 2 rings (SSSR count). The second kappa shape index (κ2) is 4.93. The first-order valence-corrected chi connectivity index (χ1v) is 7.28. The van der Waals surface area contributed by atoms with Crippen LogP contribution in [0.25, 0.3) is 0 Å². The van der Waals surface area contributed by atoms with Crippen molar-refractivity contribution in [1.82, 2.24) is 0 Å². The molecule has 0 nitrogen and oxygen atoms in total. The molecular formula is C14H19ClS. The minimum Gasteiger partial charge on any atom is -0.152 e. The maximum atomic E-state index is 6.28. The van der Waals surface area contributed by atoms with Gasteiger partial charge in [0.1, 0.15) is 0 Å². The van der Waals surface area contributed by atoms with Crippen molar-refractivity contribution in [2.24, 2.45) is 5.41 Å². The van der Waals surface area contributed by atoms with Gasteiger partial charge in [0.2, 0.25) is 0 Å². The highest BCUT2D eigenvalue weighted by atomic mass is 35.5. The van der Waals surface area contributed by atoms with Crippen molar-refractivity contribution in [1.29, 1.82) is 0 Å². The molecule has 1 aromatic rings. The average molecular weight is 255 g/mol. The summed E-state index contributed by atoms with van der Waals surface area (Å²) in [5, 5.41) is 4.63. The zero-order valence-electron chi connectivity index (χ0n) is 10.0. The first kappa shape index (κ1) is 12.2. The number of thiophene rings is 1. The first-order chi connectivity index (χ1) is 7.55. The minimum absolute atomic E-state index is 0.237. The Morgan fingerprint density at radius 1 is 1.44 bits per heavy atom. The number of aryl methyl sites for hydroxylation is 1. The minimum atomic E-state index is 0.237. The Balaban J connectivity index is 1.94. The summed E-state index contributed by atoms with van der Waals surface area (Å²) in [6, 6.07) is 2.22. The van der Waals surface area contributed by atoms with Crippen molar-refractivity contribution >= 4 is 22.9 Å². The molecule has 2 heteroatoms. The lowest BCUT2D eigenvalue weighted by atomic mass is 9.76. The van der Waals surface area contributed by atoms with Crippen LogP contribution in [-0.4, -0.2) is 5.38 Å². The molecule has 1 atom stereocenters. The maximum absolute atomic E-state index is 6.28. The van der Waals surface area contributed by atoms with Gasteiger partial charge in [0.25, 0.3) is 0 Å². The van der Waals surface area contributed by atoms with Crippen LogP contribution in [0, 0.1) is 5.41 Å². The van der Waals surface area contributed by atoms with Gasteiger partial charge in [0.05, 0.1) is 5.38 Å². The quantitative estimate of drug-likeness (QED) is 0.524. The van der Waals surface area contributed by atoms with Gasteiger partial charge in [0, 0.05) is 0 Å². The molecule has 0 spiro atoms. The Bertz CT molecular complexity index is 362. The second-order valence-electron chi connectivity index (χ2n) is 5.52. The van der Waals surface area contributed by atoms with Gasteiger partial charge in [-0.25, -0.2) is 0 Å². The van der Waals surface area contributed by atoms with Gasteiger partial charge in [0.15, 0.2) is 0 Å². The molecule has 1 heterocycles. The van der Waals surface area contributed by atoms with E-state index in [2.05, 4.69) is 36.7 Å². The summed E-state index contributed by atoms with van der Waals surface area (Å²) < 4.78 is 0.